The monoisotopic (exact) mass is 369 g/mol. The molecule has 2 aromatic rings. The number of aromatic nitrogens is 2. The number of benzene rings is 1. The van der Waals surface area contributed by atoms with E-state index in [0.717, 1.165) is 31.2 Å². The van der Waals surface area contributed by atoms with Crippen LogP contribution in [-0.4, -0.2) is 46.8 Å². The third kappa shape index (κ3) is 3.34. The number of carbonyl (C=O) groups is 2. The second-order valence-corrected chi connectivity index (χ2v) is 7.18. The van der Waals surface area contributed by atoms with Gasteiger partial charge in [-0.1, -0.05) is 19.4 Å². The van der Waals surface area contributed by atoms with Crippen molar-refractivity contribution in [2.75, 3.05) is 25.9 Å². The number of fused-ring (bicyclic) bond motifs is 1. The van der Waals surface area contributed by atoms with Crippen LogP contribution in [0.5, 0.6) is 0 Å². The molecule has 1 heterocycles. The number of carbonyl (C=O) groups excluding carboxylic acids is 2. The average molecular weight is 369 g/mol. The molecule has 7 heteroatoms. The molecule has 1 aromatic heterocycles. The lowest BCUT2D eigenvalue weighted by Crippen LogP contribution is -2.49. The molecular formula is C20H27N5O2. The minimum absolute atomic E-state index is 0.0444. The van der Waals surface area contributed by atoms with Gasteiger partial charge in [-0.05, 0) is 43.9 Å². The fourth-order valence-electron chi connectivity index (χ4n) is 3.73. The van der Waals surface area contributed by atoms with Crippen molar-refractivity contribution < 1.29 is 9.59 Å². The predicted molar refractivity (Wildman–Crippen MR) is 105 cm³/mol. The zero-order valence-electron chi connectivity index (χ0n) is 16.2. The van der Waals surface area contributed by atoms with Crippen molar-refractivity contribution in [3.05, 3.63) is 29.5 Å². The summed E-state index contributed by atoms with van der Waals surface area (Å²) in [6, 6.07) is 5.65. The number of nitrogens with zero attached hydrogens (tertiary/aromatic N) is 3. The fourth-order valence-corrected chi connectivity index (χ4v) is 3.73. The van der Waals surface area contributed by atoms with Gasteiger partial charge in [-0.25, -0.2) is 9.97 Å². The molecule has 1 aromatic carbocycles. The van der Waals surface area contributed by atoms with Gasteiger partial charge in [0.25, 0.3) is 5.91 Å². The molecule has 0 saturated heterocycles. The molecule has 0 aliphatic heterocycles. The minimum Gasteiger partial charge on any atom is -0.368 e. The van der Waals surface area contributed by atoms with Crippen LogP contribution >= 0.6 is 0 Å². The Labute approximate surface area is 159 Å². The lowest BCUT2D eigenvalue weighted by molar-refractivity contribution is -0.129. The topological polar surface area (TPSA) is 101 Å². The molecule has 1 aliphatic rings. The van der Waals surface area contributed by atoms with Crippen molar-refractivity contribution in [1.29, 1.82) is 0 Å². The Kier molecular flexibility index (Phi) is 5.30. The highest BCUT2D eigenvalue weighted by Gasteiger charge is 2.45. The third-order valence-electron chi connectivity index (χ3n) is 5.35. The van der Waals surface area contributed by atoms with Crippen LogP contribution in [0.1, 0.15) is 55.6 Å². The molecule has 0 unspecified atom stereocenters. The first-order valence-corrected chi connectivity index (χ1v) is 9.54. The Hall–Kier alpha value is -2.70. The Bertz CT molecular complexity index is 876. The van der Waals surface area contributed by atoms with Crippen molar-refractivity contribution in [3.63, 3.8) is 0 Å². The van der Waals surface area contributed by atoms with Gasteiger partial charge in [0.1, 0.15) is 5.69 Å². The van der Waals surface area contributed by atoms with Gasteiger partial charge < -0.3 is 16.0 Å². The number of hydrogen-bond acceptors (Lipinski definition) is 5. The molecule has 0 bridgehead atoms. The molecular weight excluding hydrogens is 342 g/mol. The summed E-state index contributed by atoms with van der Waals surface area (Å²) >= 11 is 0. The van der Waals surface area contributed by atoms with Crippen molar-refractivity contribution in [3.8, 4) is 0 Å². The summed E-state index contributed by atoms with van der Waals surface area (Å²) in [4.78, 5) is 35.7. The van der Waals surface area contributed by atoms with Crippen molar-refractivity contribution in [2.45, 2.75) is 44.9 Å². The van der Waals surface area contributed by atoms with Gasteiger partial charge in [0.2, 0.25) is 11.9 Å². The van der Waals surface area contributed by atoms with E-state index in [1.165, 1.54) is 0 Å². The summed E-state index contributed by atoms with van der Waals surface area (Å²) in [6.07, 6.45) is 3.48. The largest absolute Gasteiger partial charge is 0.368 e. The number of anilines is 1. The van der Waals surface area contributed by atoms with Gasteiger partial charge in [-0.2, -0.15) is 0 Å². The first kappa shape index (κ1) is 19.1. The molecule has 27 heavy (non-hydrogen) atoms. The zero-order valence-corrected chi connectivity index (χ0v) is 16.2. The maximum Gasteiger partial charge on any atom is 0.273 e. The Balaban J connectivity index is 2.11. The lowest BCUT2D eigenvalue weighted by Gasteiger charge is -2.40. The average Bonchev–Trinajstić information content (AvgIpc) is 2.60. The van der Waals surface area contributed by atoms with E-state index in [2.05, 4.69) is 15.3 Å². The van der Waals surface area contributed by atoms with Crippen LogP contribution in [0.4, 0.5) is 5.95 Å². The summed E-state index contributed by atoms with van der Waals surface area (Å²) in [5.74, 6) is -0.0673. The first-order valence-electron chi connectivity index (χ1n) is 9.54. The molecule has 1 saturated carbocycles. The highest BCUT2D eigenvalue weighted by Crippen LogP contribution is 2.44. The lowest BCUT2D eigenvalue weighted by atomic mass is 9.63. The maximum atomic E-state index is 12.9. The maximum absolute atomic E-state index is 12.9. The summed E-state index contributed by atoms with van der Waals surface area (Å²) < 4.78 is 0. The van der Waals surface area contributed by atoms with E-state index in [0.29, 0.717) is 29.7 Å². The van der Waals surface area contributed by atoms with Gasteiger partial charge in [-0.3, -0.25) is 9.59 Å². The predicted octanol–water partition coefficient (Wildman–Crippen LogP) is 2.25. The number of nitrogens with one attached hydrogen (secondary N) is 1. The molecule has 0 radical (unpaired) electrons. The minimum atomic E-state index is -0.527. The second-order valence-electron chi connectivity index (χ2n) is 7.18. The summed E-state index contributed by atoms with van der Waals surface area (Å²) in [5.41, 5.74) is 7.12. The van der Waals surface area contributed by atoms with E-state index < -0.39 is 5.41 Å². The highest BCUT2D eigenvalue weighted by atomic mass is 16.2. The van der Waals surface area contributed by atoms with Gasteiger partial charge in [-0.15, -0.1) is 0 Å². The molecule has 1 aliphatic carbocycles. The van der Waals surface area contributed by atoms with E-state index in [4.69, 9.17) is 5.73 Å². The van der Waals surface area contributed by atoms with Gasteiger partial charge >= 0.3 is 0 Å². The van der Waals surface area contributed by atoms with Crippen LogP contribution in [0, 0.1) is 0 Å². The Morgan fingerprint density at radius 3 is 2.59 bits per heavy atom. The molecule has 2 amide bonds. The standard InChI is InChI=1S/C20H27N5O2/c1-4-11-25(3)17(26)16-14-12-13(7-8-15(14)23-19(21)24-16)20(9-6-10-20)18(27)22-5-2/h7-8,12H,4-6,9-11H2,1-3H3,(H,22,27)(H2,21,23,24). The molecule has 1 fully saturated rings. The van der Waals surface area contributed by atoms with Crippen LogP contribution in [0.15, 0.2) is 18.2 Å². The summed E-state index contributed by atoms with van der Waals surface area (Å²) in [6.45, 7) is 5.16. The number of rotatable bonds is 6. The number of hydrogen-bond donors (Lipinski definition) is 2. The van der Waals surface area contributed by atoms with E-state index in [-0.39, 0.29) is 17.8 Å². The highest BCUT2D eigenvalue weighted by molar-refractivity contribution is 6.05. The van der Waals surface area contributed by atoms with E-state index in [1.807, 2.05) is 32.0 Å². The van der Waals surface area contributed by atoms with Crippen molar-refractivity contribution in [1.82, 2.24) is 20.2 Å². The number of amides is 2. The summed E-state index contributed by atoms with van der Waals surface area (Å²) in [5, 5.41) is 3.59. The van der Waals surface area contributed by atoms with E-state index in [9.17, 15) is 9.59 Å². The Morgan fingerprint density at radius 1 is 1.26 bits per heavy atom. The molecule has 3 N–H and O–H groups in total. The van der Waals surface area contributed by atoms with Gasteiger partial charge in [0.05, 0.1) is 10.9 Å². The van der Waals surface area contributed by atoms with E-state index in [1.54, 1.807) is 11.9 Å². The number of nitrogen functional groups attached to an aromatic ring is 1. The molecule has 7 nitrogen and oxygen atoms in total. The van der Waals surface area contributed by atoms with Crippen molar-refractivity contribution >= 4 is 28.7 Å². The number of nitrogens with two attached hydrogens (primary N) is 1. The van der Waals surface area contributed by atoms with Gasteiger partial charge in [0.15, 0.2) is 0 Å². The van der Waals surface area contributed by atoms with Crippen LogP contribution in [0.25, 0.3) is 10.9 Å². The Morgan fingerprint density at radius 2 is 2.00 bits per heavy atom. The first-order chi connectivity index (χ1) is 12.9. The van der Waals surface area contributed by atoms with Crippen LogP contribution in [0.2, 0.25) is 0 Å². The van der Waals surface area contributed by atoms with Crippen LogP contribution in [0.3, 0.4) is 0 Å². The van der Waals surface area contributed by atoms with Crippen molar-refractivity contribution in [2.24, 2.45) is 0 Å². The quantitative estimate of drug-likeness (QED) is 0.813. The SMILES string of the molecule is CCCN(C)C(=O)c1nc(N)nc2ccc(C3(C(=O)NCC)CCC3)cc12. The third-order valence-corrected chi connectivity index (χ3v) is 5.35. The second kappa shape index (κ2) is 7.50. The molecule has 0 spiro atoms. The zero-order chi connectivity index (χ0) is 19.6. The smallest absolute Gasteiger partial charge is 0.273 e. The fraction of sp³-hybridized carbons (Fsp3) is 0.500. The van der Waals surface area contributed by atoms with Crippen LogP contribution < -0.4 is 11.1 Å². The molecule has 3 rings (SSSR count). The van der Waals surface area contributed by atoms with E-state index >= 15 is 0 Å². The number of likely N-dealkylation sites (N-methyl/N-ethyl adjacent to an activating group) is 1. The van der Waals surface area contributed by atoms with Crippen LogP contribution in [-0.2, 0) is 10.2 Å². The summed E-state index contributed by atoms with van der Waals surface area (Å²) in [7, 11) is 1.75. The molecule has 0 atom stereocenters. The molecule has 144 valence electrons. The normalized spacial score (nSPS) is 15.2. The van der Waals surface area contributed by atoms with Gasteiger partial charge in [0, 0.05) is 25.5 Å².